The minimum absolute atomic E-state index is 0.0738. The minimum atomic E-state index is -0.788. The second kappa shape index (κ2) is 49.1. The molecule has 0 fully saturated rings. The third kappa shape index (κ3) is 44.5. The predicted octanol–water partition coefficient (Wildman–Crippen LogP) is 16.1. The standard InChI is InChI=1S/C55H103NO5/c1-4-7-10-13-16-19-22-24-26-27-28-29-32-34-37-40-43-46-51(61-55(60)48-45-42-39-36-33-30-25-23-20-17-14-11-8-5-2)49-54(59)56-52(50-57)53(58)47-44-41-38-35-31-21-18-15-12-9-6-3/h8,11,17,20,24,26,51-53,57-58H,4-7,9-10,12-16,18-19,21-23,25,27-50H2,1-3H3,(H,56,59)/b11-8+,20-17+,26-24+. The van der Waals surface area contributed by atoms with E-state index >= 15 is 0 Å². The lowest BCUT2D eigenvalue weighted by atomic mass is 10.0. The molecule has 3 atom stereocenters. The zero-order chi connectivity index (χ0) is 44.5. The van der Waals surface area contributed by atoms with E-state index in [-0.39, 0.29) is 24.9 Å². The molecular weight excluding hydrogens is 755 g/mol. The molecule has 0 spiro atoms. The maximum absolute atomic E-state index is 13.2. The minimum Gasteiger partial charge on any atom is -0.462 e. The first-order valence-corrected chi connectivity index (χ1v) is 26.7. The van der Waals surface area contributed by atoms with Crippen molar-refractivity contribution in [2.45, 2.75) is 296 Å². The number of allylic oxidation sites excluding steroid dienone is 6. The van der Waals surface area contributed by atoms with Crippen molar-refractivity contribution in [1.82, 2.24) is 5.32 Å². The number of carbonyl (C=O) groups is 2. The van der Waals surface area contributed by atoms with Crippen molar-refractivity contribution in [2.24, 2.45) is 0 Å². The Hall–Kier alpha value is -1.92. The van der Waals surface area contributed by atoms with Crippen molar-refractivity contribution in [2.75, 3.05) is 6.61 Å². The maximum Gasteiger partial charge on any atom is 0.306 e. The lowest BCUT2D eigenvalue weighted by Crippen LogP contribution is -2.46. The van der Waals surface area contributed by atoms with E-state index in [9.17, 15) is 19.8 Å². The molecule has 0 aromatic rings. The summed E-state index contributed by atoms with van der Waals surface area (Å²) in [7, 11) is 0. The highest BCUT2D eigenvalue weighted by atomic mass is 16.5. The zero-order valence-electron chi connectivity index (χ0n) is 40.8. The Morgan fingerprint density at radius 1 is 0.492 bits per heavy atom. The number of ether oxygens (including phenoxy) is 1. The SMILES string of the molecule is CC/C=C/C/C=C/CCCCCCCCCC(=O)OC(CCCCCCCCC/C=C/CCCCCCCC)CC(=O)NC(CO)C(O)CCCCCCCCCCCCC. The van der Waals surface area contributed by atoms with Crippen LogP contribution in [0.25, 0.3) is 0 Å². The molecule has 6 nitrogen and oxygen atoms in total. The summed E-state index contributed by atoms with van der Waals surface area (Å²) in [6.45, 7) is 6.38. The summed E-state index contributed by atoms with van der Waals surface area (Å²) in [5.41, 5.74) is 0. The molecule has 0 aromatic heterocycles. The Morgan fingerprint density at radius 3 is 1.34 bits per heavy atom. The Morgan fingerprint density at radius 2 is 0.885 bits per heavy atom. The van der Waals surface area contributed by atoms with Gasteiger partial charge in [0.05, 0.1) is 25.2 Å². The average molecular weight is 858 g/mol. The highest BCUT2D eigenvalue weighted by molar-refractivity contribution is 5.77. The summed E-state index contributed by atoms with van der Waals surface area (Å²) >= 11 is 0. The molecule has 0 aliphatic carbocycles. The third-order valence-electron chi connectivity index (χ3n) is 12.2. The molecule has 3 unspecified atom stereocenters. The summed E-state index contributed by atoms with van der Waals surface area (Å²) in [5.74, 6) is -0.477. The van der Waals surface area contributed by atoms with Gasteiger partial charge in [-0.1, -0.05) is 224 Å². The molecule has 6 heteroatoms. The molecule has 0 saturated heterocycles. The number of unbranched alkanes of at least 4 members (excludes halogenated alkanes) is 30. The Balaban J connectivity index is 4.57. The topological polar surface area (TPSA) is 95.9 Å². The van der Waals surface area contributed by atoms with E-state index in [0.717, 1.165) is 77.0 Å². The van der Waals surface area contributed by atoms with E-state index in [2.05, 4.69) is 62.5 Å². The first-order chi connectivity index (χ1) is 30.0. The predicted molar refractivity (Wildman–Crippen MR) is 264 cm³/mol. The monoisotopic (exact) mass is 858 g/mol. The van der Waals surface area contributed by atoms with Crippen molar-refractivity contribution >= 4 is 11.9 Å². The average Bonchev–Trinajstić information content (AvgIpc) is 3.25. The molecule has 358 valence electrons. The van der Waals surface area contributed by atoms with Crippen molar-refractivity contribution < 1.29 is 24.5 Å². The Labute approximate surface area is 379 Å². The number of aliphatic hydroxyl groups is 2. The van der Waals surface area contributed by atoms with Gasteiger partial charge >= 0.3 is 5.97 Å². The Bertz CT molecular complexity index is 1010. The molecular formula is C55H103NO5. The van der Waals surface area contributed by atoms with E-state index in [1.807, 2.05) is 0 Å². The van der Waals surface area contributed by atoms with Crippen molar-refractivity contribution in [3.63, 3.8) is 0 Å². The van der Waals surface area contributed by atoms with Crippen LogP contribution in [-0.4, -0.2) is 46.9 Å². The van der Waals surface area contributed by atoms with Gasteiger partial charge in [0.1, 0.15) is 6.10 Å². The summed E-state index contributed by atoms with van der Waals surface area (Å²) < 4.78 is 5.94. The molecule has 61 heavy (non-hydrogen) atoms. The highest BCUT2D eigenvalue weighted by Gasteiger charge is 2.24. The number of rotatable bonds is 48. The van der Waals surface area contributed by atoms with Crippen LogP contribution in [0.2, 0.25) is 0 Å². The number of nitrogens with one attached hydrogen (secondary N) is 1. The molecule has 3 N–H and O–H groups in total. The number of aliphatic hydroxyl groups excluding tert-OH is 2. The van der Waals surface area contributed by atoms with Gasteiger partial charge in [-0.15, -0.1) is 0 Å². The van der Waals surface area contributed by atoms with Crippen molar-refractivity contribution in [3.8, 4) is 0 Å². The fourth-order valence-electron chi connectivity index (χ4n) is 8.17. The number of carbonyl (C=O) groups excluding carboxylic acids is 2. The normalized spacial score (nSPS) is 13.5. The van der Waals surface area contributed by atoms with Crippen molar-refractivity contribution in [1.29, 1.82) is 0 Å². The van der Waals surface area contributed by atoms with Crippen LogP contribution in [0.5, 0.6) is 0 Å². The molecule has 0 aliphatic heterocycles. The highest BCUT2D eigenvalue weighted by Crippen LogP contribution is 2.18. The van der Waals surface area contributed by atoms with Gasteiger partial charge in [0.15, 0.2) is 0 Å². The first kappa shape index (κ1) is 59.1. The zero-order valence-corrected chi connectivity index (χ0v) is 40.8. The van der Waals surface area contributed by atoms with E-state index in [1.165, 1.54) is 154 Å². The van der Waals surface area contributed by atoms with Gasteiger partial charge in [0, 0.05) is 6.42 Å². The summed E-state index contributed by atoms with van der Waals surface area (Å²) in [6, 6.07) is -0.702. The van der Waals surface area contributed by atoms with Crippen LogP contribution in [0.4, 0.5) is 0 Å². The third-order valence-corrected chi connectivity index (χ3v) is 12.2. The summed E-state index contributed by atoms with van der Waals surface area (Å²) in [5, 5.41) is 23.8. The lowest BCUT2D eigenvalue weighted by molar-refractivity contribution is -0.151. The summed E-state index contributed by atoms with van der Waals surface area (Å²) in [4.78, 5) is 26.2. The lowest BCUT2D eigenvalue weighted by Gasteiger charge is -2.24. The molecule has 0 heterocycles. The van der Waals surface area contributed by atoms with Crippen LogP contribution in [0.15, 0.2) is 36.5 Å². The van der Waals surface area contributed by atoms with E-state index in [0.29, 0.717) is 19.3 Å². The van der Waals surface area contributed by atoms with Gasteiger partial charge in [-0.05, 0) is 77.0 Å². The second-order valence-corrected chi connectivity index (χ2v) is 18.2. The fourth-order valence-corrected chi connectivity index (χ4v) is 8.17. The smallest absolute Gasteiger partial charge is 0.306 e. The summed E-state index contributed by atoms with van der Waals surface area (Å²) in [6.07, 6.45) is 57.8. The van der Waals surface area contributed by atoms with Crippen LogP contribution in [0, 0.1) is 0 Å². The number of amides is 1. The second-order valence-electron chi connectivity index (χ2n) is 18.2. The van der Waals surface area contributed by atoms with E-state index in [1.54, 1.807) is 0 Å². The number of hydrogen-bond donors (Lipinski definition) is 3. The van der Waals surface area contributed by atoms with Crippen molar-refractivity contribution in [3.05, 3.63) is 36.5 Å². The number of esters is 1. The quantitative estimate of drug-likeness (QED) is 0.0322. The van der Waals surface area contributed by atoms with Gasteiger partial charge in [-0.3, -0.25) is 9.59 Å². The van der Waals surface area contributed by atoms with Gasteiger partial charge in [0.25, 0.3) is 0 Å². The van der Waals surface area contributed by atoms with E-state index < -0.39 is 18.2 Å². The first-order valence-electron chi connectivity index (χ1n) is 26.7. The van der Waals surface area contributed by atoms with Gasteiger partial charge in [-0.2, -0.15) is 0 Å². The molecule has 0 rings (SSSR count). The molecule has 0 radical (unpaired) electrons. The van der Waals surface area contributed by atoms with Gasteiger partial charge < -0.3 is 20.3 Å². The molecule has 1 amide bonds. The molecule has 0 aliphatic rings. The van der Waals surface area contributed by atoms with Gasteiger partial charge in [-0.25, -0.2) is 0 Å². The molecule has 0 saturated carbocycles. The van der Waals surface area contributed by atoms with Crippen LogP contribution in [0.1, 0.15) is 278 Å². The van der Waals surface area contributed by atoms with Crippen LogP contribution < -0.4 is 5.32 Å². The van der Waals surface area contributed by atoms with Crippen LogP contribution >= 0.6 is 0 Å². The number of hydrogen-bond acceptors (Lipinski definition) is 5. The largest absolute Gasteiger partial charge is 0.462 e. The van der Waals surface area contributed by atoms with E-state index in [4.69, 9.17) is 4.74 Å². The Kier molecular flexibility index (Phi) is 47.6. The molecule has 0 bridgehead atoms. The van der Waals surface area contributed by atoms with Crippen LogP contribution in [0.3, 0.4) is 0 Å². The van der Waals surface area contributed by atoms with Gasteiger partial charge in [0.2, 0.25) is 5.91 Å². The molecule has 0 aromatic carbocycles. The fraction of sp³-hybridized carbons (Fsp3) is 0.855. The maximum atomic E-state index is 13.2. The van der Waals surface area contributed by atoms with Crippen LogP contribution in [-0.2, 0) is 14.3 Å².